The molecule has 0 aliphatic heterocycles. The maximum Gasteiger partial charge on any atom is 0.305 e. The molecule has 92 valence electrons. The maximum atomic E-state index is 11.3. The van der Waals surface area contributed by atoms with Gasteiger partial charge < -0.3 is 4.74 Å². The van der Waals surface area contributed by atoms with Crippen molar-refractivity contribution in [1.82, 2.24) is 0 Å². The third kappa shape index (κ3) is 9.44. The third-order valence-corrected chi connectivity index (χ3v) is 2.14. The molecule has 0 bridgehead atoms. The van der Waals surface area contributed by atoms with E-state index in [1.807, 2.05) is 6.92 Å². The van der Waals surface area contributed by atoms with E-state index in [9.17, 15) is 9.59 Å². The summed E-state index contributed by atoms with van der Waals surface area (Å²) in [7, 11) is 0. The van der Waals surface area contributed by atoms with Gasteiger partial charge in [-0.15, -0.1) is 0 Å². The van der Waals surface area contributed by atoms with Crippen LogP contribution >= 0.6 is 0 Å². The van der Waals surface area contributed by atoms with Crippen molar-refractivity contribution in [2.24, 2.45) is 0 Å². The van der Waals surface area contributed by atoms with E-state index in [4.69, 9.17) is 4.74 Å². The number of carbonyl (C=O) groups is 2. The van der Waals surface area contributed by atoms with Gasteiger partial charge in [0.1, 0.15) is 5.78 Å². The molecule has 0 aliphatic carbocycles. The second-order valence-corrected chi connectivity index (χ2v) is 4.04. The number of allylic oxidation sites excluding steroid dienone is 1. The highest BCUT2D eigenvalue weighted by Gasteiger charge is 2.03. The summed E-state index contributed by atoms with van der Waals surface area (Å²) in [5.41, 5.74) is 0.913. The molecule has 0 rings (SSSR count). The van der Waals surface area contributed by atoms with Crippen LogP contribution in [0.25, 0.3) is 0 Å². The lowest BCUT2D eigenvalue weighted by atomic mass is 10.1. The first-order valence-electron chi connectivity index (χ1n) is 5.88. The van der Waals surface area contributed by atoms with Gasteiger partial charge in [0.25, 0.3) is 0 Å². The summed E-state index contributed by atoms with van der Waals surface area (Å²) in [6.45, 7) is 7.80. The number of ketones is 1. The van der Waals surface area contributed by atoms with Gasteiger partial charge in [-0.3, -0.25) is 9.59 Å². The fraction of sp³-hybridized carbons (Fsp3) is 0.692. The number of esters is 1. The van der Waals surface area contributed by atoms with Gasteiger partial charge in [0.2, 0.25) is 0 Å². The molecule has 16 heavy (non-hydrogen) atoms. The summed E-state index contributed by atoms with van der Waals surface area (Å²) in [4.78, 5) is 22.3. The van der Waals surface area contributed by atoms with Crippen molar-refractivity contribution >= 4 is 11.8 Å². The fourth-order valence-corrected chi connectivity index (χ4v) is 1.43. The molecule has 0 N–H and O–H groups in total. The first kappa shape index (κ1) is 14.9. The molecule has 0 fully saturated rings. The molecule has 0 aromatic heterocycles. The molecule has 0 saturated carbocycles. The van der Waals surface area contributed by atoms with Crippen LogP contribution < -0.4 is 0 Å². The van der Waals surface area contributed by atoms with E-state index in [-0.39, 0.29) is 11.8 Å². The van der Waals surface area contributed by atoms with Crippen LogP contribution in [0, 0.1) is 0 Å². The smallest absolute Gasteiger partial charge is 0.305 e. The lowest BCUT2D eigenvalue weighted by Gasteiger charge is -2.02. The Labute approximate surface area is 97.9 Å². The molecule has 0 saturated heterocycles. The molecule has 3 heteroatoms. The highest BCUT2D eigenvalue weighted by molar-refractivity contribution is 5.80. The van der Waals surface area contributed by atoms with Gasteiger partial charge in [0, 0.05) is 19.3 Å². The minimum Gasteiger partial charge on any atom is -0.466 e. The first-order chi connectivity index (χ1) is 7.56. The summed E-state index contributed by atoms with van der Waals surface area (Å²) in [6, 6.07) is 0. The number of unbranched alkanes of at least 4 members (excludes halogenated alkanes) is 2. The lowest BCUT2D eigenvalue weighted by molar-refractivity contribution is -0.143. The summed E-state index contributed by atoms with van der Waals surface area (Å²) in [5.74, 6) is 0.0967. The van der Waals surface area contributed by atoms with Crippen LogP contribution in [-0.2, 0) is 14.3 Å². The number of ether oxygens (including phenoxy) is 1. The largest absolute Gasteiger partial charge is 0.466 e. The van der Waals surface area contributed by atoms with E-state index in [2.05, 4.69) is 6.58 Å². The van der Waals surface area contributed by atoms with Gasteiger partial charge in [-0.2, -0.15) is 0 Å². The molecule has 0 heterocycles. The average molecular weight is 226 g/mol. The minimum absolute atomic E-state index is 0.143. The van der Waals surface area contributed by atoms with E-state index < -0.39 is 0 Å². The molecule has 0 radical (unpaired) electrons. The van der Waals surface area contributed by atoms with Crippen LogP contribution in [0.1, 0.15) is 52.4 Å². The van der Waals surface area contributed by atoms with Gasteiger partial charge in [-0.25, -0.2) is 0 Å². The Morgan fingerprint density at radius 2 is 1.75 bits per heavy atom. The number of hydrogen-bond donors (Lipinski definition) is 0. The highest BCUT2D eigenvalue weighted by atomic mass is 16.5. The van der Waals surface area contributed by atoms with Gasteiger partial charge in [-0.05, 0) is 26.7 Å². The monoisotopic (exact) mass is 226 g/mol. The Morgan fingerprint density at radius 1 is 1.12 bits per heavy atom. The van der Waals surface area contributed by atoms with Crippen molar-refractivity contribution in [2.75, 3.05) is 6.61 Å². The molecule has 0 atom stereocenters. The Bertz CT molecular complexity index is 244. The van der Waals surface area contributed by atoms with Crippen molar-refractivity contribution in [1.29, 1.82) is 0 Å². The summed E-state index contributed by atoms with van der Waals surface area (Å²) >= 11 is 0. The molecule has 0 unspecified atom stereocenters. The molecule has 0 aromatic rings. The molecule has 0 aromatic carbocycles. The fourth-order valence-electron chi connectivity index (χ4n) is 1.43. The van der Waals surface area contributed by atoms with E-state index in [1.165, 1.54) is 0 Å². The number of Topliss-reactive ketones (excluding diaryl/α,β-unsaturated/α-hetero) is 1. The number of rotatable bonds is 9. The summed E-state index contributed by atoms with van der Waals surface area (Å²) in [5, 5.41) is 0. The SMILES string of the molecule is C=C(C)CC(=O)CCCCCC(=O)OCC. The van der Waals surface area contributed by atoms with E-state index in [0.29, 0.717) is 25.9 Å². The normalized spacial score (nSPS) is 9.88. The Kier molecular flexibility index (Phi) is 8.49. The van der Waals surface area contributed by atoms with Crippen LogP contribution in [0.4, 0.5) is 0 Å². The van der Waals surface area contributed by atoms with E-state index in [1.54, 1.807) is 6.92 Å². The van der Waals surface area contributed by atoms with Crippen molar-refractivity contribution in [3.05, 3.63) is 12.2 Å². The zero-order valence-corrected chi connectivity index (χ0v) is 10.4. The molecular formula is C13H22O3. The van der Waals surface area contributed by atoms with Gasteiger partial charge in [0.15, 0.2) is 0 Å². The van der Waals surface area contributed by atoms with Crippen molar-refractivity contribution in [3.8, 4) is 0 Å². The molecular weight excluding hydrogens is 204 g/mol. The first-order valence-corrected chi connectivity index (χ1v) is 5.88. The van der Waals surface area contributed by atoms with Crippen molar-refractivity contribution in [3.63, 3.8) is 0 Å². The maximum absolute atomic E-state index is 11.3. The van der Waals surface area contributed by atoms with Crippen LogP contribution in [0.5, 0.6) is 0 Å². The van der Waals surface area contributed by atoms with E-state index >= 15 is 0 Å². The zero-order valence-electron chi connectivity index (χ0n) is 10.4. The minimum atomic E-state index is -0.143. The second kappa shape index (κ2) is 9.13. The molecule has 0 amide bonds. The van der Waals surface area contributed by atoms with Crippen LogP contribution in [0.3, 0.4) is 0 Å². The van der Waals surface area contributed by atoms with Crippen LogP contribution in [-0.4, -0.2) is 18.4 Å². The summed E-state index contributed by atoms with van der Waals surface area (Å²) in [6.07, 6.45) is 4.10. The zero-order chi connectivity index (χ0) is 12.4. The van der Waals surface area contributed by atoms with E-state index in [0.717, 1.165) is 24.8 Å². The molecule has 0 spiro atoms. The van der Waals surface area contributed by atoms with Crippen molar-refractivity contribution < 1.29 is 14.3 Å². The Morgan fingerprint density at radius 3 is 2.31 bits per heavy atom. The number of carbonyl (C=O) groups excluding carboxylic acids is 2. The topological polar surface area (TPSA) is 43.4 Å². The third-order valence-electron chi connectivity index (χ3n) is 2.14. The van der Waals surface area contributed by atoms with Gasteiger partial charge in [-0.1, -0.05) is 18.6 Å². The van der Waals surface area contributed by atoms with Gasteiger partial charge in [0.05, 0.1) is 6.61 Å². The Balaban J connectivity index is 3.36. The predicted molar refractivity (Wildman–Crippen MR) is 64.2 cm³/mol. The quantitative estimate of drug-likeness (QED) is 0.345. The second-order valence-electron chi connectivity index (χ2n) is 4.04. The number of hydrogen-bond acceptors (Lipinski definition) is 3. The molecule has 0 aliphatic rings. The Hall–Kier alpha value is -1.12. The highest BCUT2D eigenvalue weighted by Crippen LogP contribution is 2.07. The van der Waals surface area contributed by atoms with Crippen LogP contribution in [0.15, 0.2) is 12.2 Å². The van der Waals surface area contributed by atoms with Gasteiger partial charge >= 0.3 is 5.97 Å². The predicted octanol–water partition coefficient (Wildman–Crippen LogP) is 3.04. The average Bonchev–Trinajstić information content (AvgIpc) is 2.16. The lowest BCUT2D eigenvalue weighted by Crippen LogP contribution is -2.03. The molecule has 3 nitrogen and oxygen atoms in total. The standard InChI is InChI=1S/C13H22O3/c1-4-16-13(15)9-7-5-6-8-12(14)10-11(2)3/h2,4-10H2,1,3H3. The van der Waals surface area contributed by atoms with Crippen LogP contribution in [0.2, 0.25) is 0 Å². The van der Waals surface area contributed by atoms with Crippen molar-refractivity contribution in [2.45, 2.75) is 52.4 Å². The summed E-state index contributed by atoms with van der Waals surface area (Å²) < 4.78 is 4.80.